The summed E-state index contributed by atoms with van der Waals surface area (Å²) in [7, 11) is 0. The molecule has 8 nitrogen and oxygen atoms in total. The highest BCUT2D eigenvalue weighted by Crippen LogP contribution is 2.31. The van der Waals surface area contributed by atoms with E-state index in [-0.39, 0.29) is 17.7 Å². The van der Waals surface area contributed by atoms with E-state index in [2.05, 4.69) is 20.6 Å². The van der Waals surface area contributed by atoms with Crippen molar-refractivity contribution in [3.63, 3.8) is 0 Å². The molecular formula is C27H25N5O3S. The molecule has 0 spiro atoms. The van der Waals surface area contributed by atoms with Crippen LogP contribution in [0.25, 0.3) is 11.0 Å². The number of fused-ring (bicyclic) bond motifs is 1. The predicted octanol–water partition coefficient (Wildman–Crippen LogP) is 4.51. The third-order valence-corrected chi connectivity index (χ3v) is 7.60. The Bertz CT molecular complexity index is 1430. The zero-order chi connectivity index (χ0) is 24.5. The van der Waals surface area contributed by atoms with Gasteiger partial charge in [-0.1, -0.05) is 30.3 Å². The van der Waals surface area contributed by atoms with E-state index in [0.29, 0.717) is 30.2 Å². The lowest BCUT2D eigenvalue weighted by molar-refractivity contribution is 0.0683. The van der Waals surface area contributed by atoms with Crippen molar-refractivity contribution in [2.24, 2.45) is 4.99 Å². The molecule has 4 heterocycles. The van der Waals surface area contributed by atoms with Crippen molar-refractivity contribution in [1.82, 2.24) is 15.2 Å². The van der Waals surface area contributed by atoms with Gasteiger partial charge in [-0.3, -0.25) is 14.6 Å². The van der Waals surface area contributed by atoms with Gasteiger partial charge in [0.05, 0.1) is 11.6 Å². The second-order valence-corrected chi connectivity index (χ2v) is 9.87. The van der Waals surface area contributed by atoms with Crippen LogP contribution in [0.3, 0.4) is 0 Å². The number of amidine groups is 1. The average Bonchev–Trinajstić information content (AvgIpc) is 3.69. The van der Waals surface area contributed by atoms with Crippen LogP contribution in [-0.4, -0.2) is 53.7 Å². The summed E-state index contributed by atoms with van der Waals surface area (Å²) >= 11 is 1.50. The molecule has 0 radical (unpaired) electrons. The SMILES string of the molecule is O=C(Nc1cccc(C2=NCCN2)c1)c1csc(C2CCN(C(=O)c3cc4ccccc4o3)CC2)n1. The van der Waals surface area contributed by atoms with Crippen molar-refractivity contribution in [3.05, 3.63) is 82.0 Å². The van der Waals surface area contributed by atoms with Gasteiger partial charge >= 0.3 is 0 Å². The first-order valence-corrected chi connectivity index (χ1v) is 13.0. The molecule has 4 aromatic rings. The quantitative estimate of drug-likeness (QED) is 0.421. The molecule has 1 saturated heterocycles. The van der Waals surface area contributed by atoms with Gasteiger partial charge in [-0.2, -0.15) is 0 Å². The molecule has 2 N–H and O–H groups in total. The number of para-hydroxylation sites is 1. The Labute approximate surface area is 212 Å². The number of anilines is 1. The van der Waals surface area contributed by atoms with Gasteiger partial charge in [0, 0.05) is 47.6 Å². The van der Waals surface area contributed by atoms with E-state index in [4.69, 9.17) is 4.42 Å². The van der Waals surface area contributed by atoms with Gasteiger partial charge in [0.2, 0.25) is 0 Å². The zero-order valence-electron chi connectivity index (χ0n) is 19.6. The van der Waals surface area contributed by atoms with Gasteiger partial charge in [0.15, 0.2) is 5.76 Å². The van der Waals surface area contributed by atoms with Crippen LogP contribution in [0.5, 0.6) is 0 Å². The number of benzene rings is 2. The normalized spacial score (nSPS) is 16.1. The van der Waals surface area contributed by atoms with Crippen molar-refractivity contribution in [1.29, 1.82) is 0 Å². The van der Waals surface area contributed by atoms with Crippen LogP contribution >= 0.6 is 11.3 Å². The van der Waals surface area contributed by atoms with Crippen LogP contribution in [0.15, 0.2) is 69.4 Å². The first-order chi connectivity index (χ1) is 17.6. The number of furan rings is 1. The molecular weight excluding hydrogens is 474 g/mol. The number of aliphatic imine (C=N–C) groups is 1. The summed E-state index contributed by atoms with van der Waals surface area (Å²) in [6.45, 7) is 2.86. The molecule has 2 aliphatic heterocycles. The monoisotopic (exact) mass is 499 g/mol. The number of likely N-dealkylation sites (tertiary alicyclic amines) is 1. The molecule has 6 rings (SSSR count). The summed E-state index contributed by atoms with van der Waals surface area (Å²) in [4.78, 5) is 36.7. The molecule has 2 aromatic carbocycles. The van der Waals surface area contributed by atoms with Crippen LogP contribution in [0, 0.1) is 0 Å². The predicted molar refractivity (Wildman–Crippen MR) is 140 cm³/mol. The summed E-state index contributed by atoms with van der Waals surface area (Å²) in [5.74, 6) is 1.15. The van der Waals surface area contributed by atoms with E-state index < -0.39 is 0 Å². The van der Waals surface area contributed by atoms with Crippen molar-refractivity contribution >= 4 is 45.6 Å². The number of nitrogens with zero attached hydrogens (tertiary/aromatic N) is 3. The van der Waals surface area contributed by atoms with E-state index in [1.165, 1.54) is 11.3 Å². The first-order valence-electron chi connectivity index (χ1n) is 12.1. The Kier molecular flexibility index (Phi) is 5.98. The van der Waals surface area contributed by atoms with Gasteiger partial charge in [-0.15, -0.1) is 11.3 Å². The van der Waals surface area contributed by atoms with Gasteiger partial charge in [0.1, 0.15) is 17.1 Å². The third-order valence-electron chi connectivity index (χ3n) is 6.59. The first kappa shape index (κ1) is 22.5. The number of carbonyl (C=O) groups is 2. The molecule has 182 valence electrons. The molecule has 36 heavy (non-hydrogen) atoms. The fourth-order valence-electron chi connectivity index (χ4n) is 4.68. The fourth-order valence-corrected chi connectivity index (χ4v) is 5.65. The van der Waals surface area contributed by atoms with Crippen LogP contribution < -0.4 is 10.6 Å². The highest BCUT2D eigenvalue weighted by atomic mass is 32.1. The highest BCUT2D eigenvalue weighted by molar-refractivity contribution is 7.10. The summed E-state index contributed by atoms with van der Waals surface area (Å²) in [6, 6.07) is 17.1. The van der Waals surface area contributed by atoms with Crippen molar-refractivity contribution < 1.29 is 14.0 Å². The Morgan fingerprint density at radius 3 is 2.75 bits per heavy atom. The number of thiazole rings is 1. The van der Waals surface area contributed by atoms with E-state index in [1.54, 1.807) is 0 Å². The van der Waals surface area contributed by atoms with E-state index in [1.807, 2.05) is 64.9 Å². The molecule has 0 aliphatic carbocycles. The number of hydrogen-bond donors (Lipinski definition) is 2. The number of piperidine rings is 1. The number of amides is 2. The van der Waals surface area contributed by atoms with E-state index in [0.717, 1.165) is 53.3 Å². The fraction of sp³-hybridized carbons (Fsp3) is 0.259. The van der Waals surface area contributed by atoms with Crippen molar-refractivity contribution in [2.75, 3.05) is 31.5 Å². The minimum absolute atomic E-state index is 0.0788. The molecule has 9 heteroatoms. The summed E-state index contributed by atoms with van der Waals surface area (Å²) in [6.07, 6.45) is 1.61. The number of aromatic nitrogens is 1. The van der Waals surface area contributed by atoms with E-state index in [9.17, 15) is 9.59 Å². The molecule has 0 saturated carbocycles. The van der Waals surface area contributed by atoms with Crippen LogP contribution in [0.1, 0.15) is 50.4 Å². The maximum Gasteiger partial charge on any atom is 0.289 e. The second-order valence-electron chi connectivity index (χ2n) is 8.98. The lowest BCUT2D eigenvalue weighted by atomic mass is 9.97. The van der Waals surface area contributed by atoms with Crippen molar-refractivity contribution in [3.8, 4) is 0 Å². The topological polar surface area (TPSA) is 99.8 Å². The Balaban J connectivity index is 1.07. The number of rotatable bonds is 5. The Morgan fingerprint density at radius 1 is 1.08 bits per heavy atom. The maximum absolute atomic E-state index is 12.9. The molecule has 1 fully saturated rings. The number of nitrogens with one attached hydrogen (secondary N) is 2. The number of hydrogen-bond acceptors (Lipinski definition) is 7. The Hall–Kier alpha value is -3.98. The summed E-state index contributed by atoms with van der Waals surface area (Å²) in [5.41, 5.74) is 2.80. The van der Waals surface area contributed by atoms with Crippen LogP contribution in [-0.2, 0) is 0 Å². The molecule has 0 bridgehead atoms. The molecule has 2 aromatic heterocycles. The molecule has 2 aliphatic rings. The van der Waals surface area contributed by atoms with Gasteiger partial charge < -0.3 is 20.0 Å². The lowest BCUT2D eigenvalue weighted by Gasteiger charge is -2.30. The number of carbonyl (C=O) groups excluding carboxylic acids is 2. The largest absolute Gasteiger partial charge is 0.451 e. The minimum atomic E-state index is -0.228. The highest BCUT2D eigenvalue weighted by Gasteiger charge is 2.28. The smallest absolute Gasteiger partial charge is 0.289 e. The lowest BCUT2D eigenvalue weighted by Crippen LogP contribution is -2.37. The van der Waals surface area contributed by atoms with Gasteiger partial charge in [-0.05, 0) is 37.1 Å². The van der Waals surface area contributed by atoms with Crippen LogP contribution in [0.4, 0.5) is 5.69 Å². The Morgan fingerprint density at radius 2 is 1.94 bits per heavy atom. The van der Waals surface area contributed by atoms with Gasteiger partial charge in [0.25, 0.3) is 11.8 Å². The summed E-state index contributed by atoms with van der Waals surface area (Å²) in [5, 5.41) is 9.87. The zero-order valence-corrected chi connectivity index (χ0v) is 20.4. The molecule has 0 atom stereocenters. The minimum Gasteiger partial charge on any atom is -0.451 e. The standard InChI is InChI=1S/C27H25N5O3S/c33-25(30-20-6-3-5-19(14-20)24-28-10-11-29-24)21-16-36-26(31-21)17-8-12-32(13-9-17)27(34)23-15-18-4-1-2-7-22(18)35-23/h1-7,14-17H,8-13H2,(H,28,29)(H,30,33). The van der Waals surface area contributed by atoms with Crippen molar-refractivity contribution in [2.45, 2.75) is 18.8 Å². The average molecular weight is 500 g/mol. The molecule has 0 unspecified atom stereocenters. The van der Waals surface area contributed by atoms with Gasteiger partial charge in [-0.25, -0.2) is 4.98 Å². The molecule has 2 amide bonds. The third kappa shape index (κ3) is 4.49. The van der Waals surface area contributed by atoms with E-state index >= 15 is 0 Å². The maximum atomic E-state index is 12.9. The second kappa shape index (κ2) is 9.58. The summed E-state index contributed by atoms with van der Waals surface area (Å²) < 4.78 is 5.75. The van der Waals surface area contributed by atoms with Crippen LogP contribution in [0.2, 0.25) is 0 Å².